The largest absolute Gasteiger partial charge is 0.484 e. The number of carboxylic acids is 1. The first-order valence-corrected chi connectivity index (χ1v) is 6.07. The Morgan fingerprint density at radius 3 is 2.55 bits per heavy atom. The number of hydrogen-bond acceptors (Lipinski definition) is 4. The second-order valence-corrected chi connectivity index (χ2v) is 4.23. The predicted molar refractivity (Wildman–Crippen MR) is 71.1 cm³/mol. The molecule has 0 unspecified atom stereocenters. The van der Waals surface area contributed by atoms with Gasteiger partial charge in [0.15, 0.2) is 6.61 Å². The van der Waals surface area contributed by atoms with E-state index in [0.717, 1.165) is 0 Å². The summed E-state index contributed by atoms with van der Waals surface area (Å²) in [6.45, 7) is 0.260. The lowest BCUT2D eigenvalue weighted by Crippen LogP contribution is -2.32. The van der Waals surface area contributed by atoms with E-state index >= 15 is 0 Å². The number of likely N-dealkylation sites (N-methyl/N-ethyl adjacent to an activating group) is 1. The van der Waals surface area contributed by atoms with E-state index in [1.54, 1.807) is 31.3 Å². The Balaban J connectivity index is 2.43. The van der Waals surface area contributed by atoms with Gasteiger partial charge in [0.1, 0.15) is 5.75 Å². The van der Waals surface area contributed by atoms with Crippen LogP contribution in [0.3, 0.4) is 0 Å². The van der Waals surface area contributed by atoms with Crippen molar-refractivity contribution in [3.8, 4) is 11.8 Å². The molecule has 0 aliphatic heterocycles. The Hall–Kier alpha value is -2.55. The Kier molecular flexibility index (Phi) is 6.04. The molecule has 1 N–H and O–H groups in total. The van der Waals surface area contributed by atoms with Crippen LogP contribution >= 0.6 is 0 Å². The molecular weight excluding hydrogens is 260 g/mol. The summed E-state index contributed by atoms with van der Waals surface area (Å²) >= 11 is 0. The molecule has 6 nitrogen and oxygen atoms in total. The van der Waals surface area contributed by atoms with Crippen LogP contribution in [0.4, 0.5) is 0 Å². The SMILES string of the molecule is CN(CCC#N)C(=O)COc1ccc(CC(=O)O)cc1. The van der Waals surface area contributed by atoms with Crippen molar-refractivity contribution in [1.82, 2.24) is 4.90 Å². The maximum Gasteiger partial charge on any atom is 0.307 e. The van der Waals surface area contributed by atoms with Gasteiger partial charge < -0.3 is 14.7 Å². The first-order valence-electron chi connectivity index (χ1n) is 6.07. The summed E-state index contributed by atoms with van der Waals surface area (Å²) in [5.74, 6) is -0.607. The molecule has 20 heavy (non-hydrogen) atoms. The minimum Gasteiger partial charge on any atom is -0.484 e. The van der Waals surface area contributed by atoms with E-state index in [1.165, 1.54) is 4.90 Å². The van der Waals surface area contributed by atoms with E-state index in [1.807, 2.05) is 6.07 Å². The van der Waals surface area contributed by atoms with Gasteiger partial charge in [0.05, 0.1) is 18.9 Å². The van der Waals surface area contributed by atoms with Crippen molar-refractivity contribution in [2.45, 2.75) is 12.8 Å². The van der Waals surface area contributed by atoms with Crippen LogP contribution in [0.1, 0.15) is 12.0 Å². The molecule has 0 spiro atoms. The van der Waals surface area contributed by atoms with Gasteiger partial charge in [-0.15, -0.1) is 0 Å². The number of ether oxygens (including phenoxy) is 1. The number of hydrogen-bond donors (Lipinski definition) is 1. The Morgan fingerprint density at radius 1 is 1.35 bits per heavy atom. The van der Waals surface area contributed by atoms with Gasteiger partial charge in [-0.2, -0.15) is 5.26 Å². The predicted octanol–water partition coefficient (Wildman–Crippen LogP) is 1.06. The van der Waals surface area contributed by atoms with Crippen LogP contribution in [0.15, 0.2) is 24.3 Å². The summed E-state index contributed by atoms with van der Waals surface area (Å²) < 4.78 is 5.31. The van der Waals surface area contributed by atoms with Crippen LogP contribution in [-0.4, -0.2) is 42.1 Å². The molecule has 0 aliphatic rings. The number of nitriles is 1. The highest BCUT2D eigenvalue weighted by molar-refractivity contribution is 5.77. The van der Waals surface area contributed by atoms with Gasteiger partial charge in [0, 0.05) is 13.6 Å². The fourth-order valence-corrected chi connectivity index (χ4v) is 1.48. The first-order chi connectivity index (χ1) is 9.52. The zero-order valence-corrected chi connectivity index (χ0v) is 11.2. The Labute approximate surface area is 117 Å². The molecule has 0 radical (unpaired) electrons. The van der Waals surface area contributed by atoms with E-state index in [4.69, 9.17) is 15.1 Å². The molecule has 1 rings (SSSR count). The maximum atomic E-state index is 11.6. The van der Waals surface area contributed by atoms with Crippen LogP contribution in [-0.2, 0) is 16.0 Å². The zero-order valence-electron chi connectivity index (χ0n) is 11.2. The summed E-state index contributed by atoms with van der Waals surface area (Å²) in [6, 6.07) is 8.51. The first kappa shape index (κ1) is 15.5. The standard InChI is InChI=1S/C14H16N2O4/c1-16(8-2-7-15)13(17)10-20-12-5-3-11(4-6-12)9-14(18)19/h3-6H,2,8-10H2,1H3,(H,18,19). The highest BCUT2D eigenvalue weighted by Crippen LogP contribution is 2.12. The number of nitrogens with zero attached hydrogens (tertiary/aromatic N) is 2. The quantitative estimate of drug-likeness (QED) is 0.804. The normalized spacial score (nSPS) is 9.60. The average molecular weight is 276 g/mol. The number of aliphatic carboxylic acids is 1. The zero-order chi connectivity index (χ0) is 15.0. The molecule has 1 aromatic rings. The monoisotopic (exact) mass is 276 g/mol. The summed E-state index contributed by atoms with van der Waals surface area (Å²) in [5, 5.41) is 17.1. The third-order valence-electron chi connectivity index (χ3n) is 2.63. The second kappa shape index (κ2) is 7.79. The van der Waals surface area contributed by atoms with Gasteiger partial charge in [0.2, 0.25) is 0 Å². The van der Waals surface area contributed by atoms with E-state index in [0.29, 0.717) is 17.9 Å². The molecule has 0 aliphatic carbocycles. The van der Waals surface area contributed by atoms with Crippen LogP contribution in [0.25, 0.3) is 0 Å². The number of carboxylic acid groups (broad SMARTS) is 1. The molecule has 0 saturated carbocycles. The average Bonchev–Trinajstić information content (AvgIpc) is 2.43. The van der Waals surface area contributed by atoms with Crippen molar-refractivity contribution >= 4 is 11.9 Å². The summed E-state index contributed by atoms with van der Waals surface area (Å²) in [5.41, 5.74) is 0.669. The molecule has 0 fully saturated rings. The molecule has 1 amide bonds. The summed E-state index contributed by atoms with van der Waals surface area (Å²) in [6.07, 6.45) is 0.238. The highest BCUT2D eigenvalue weighted by Gasteiger charge is 2.09. The van der Waals surface area contributed by atoms with Crippen LogP contribution < -0.4 is 4.74 Å². The lowest BCUT2D eigenvalue weighted by molar-refractivity contribution is -0.136. The summed E-state index contributed by atoms with van der Waals surface area (Å²) in [4.78, 5) is 23.6. The lowest BCUT2D eigenvalue weighted by Gasteiger charge is -2.15. The van der Waals surface area contributed by atoms with E-state index in [9.17, 15) is 9.59 Å². The fourth-order valence-electron chi connectivity index (χ4n) is 1.48. The smallest absolute Gasteiger partial charge is 0.307 e. The Morgan fingerprint density at radius 2 is 2.00 bits per heavy atom. The van der Waals surface area contributed by atoms with Gasteiger partial charge in [-0.05, 0) is 17.7 Å². The highest BCUT2D eigenvalue weighted by atomic mass is 16.5. The van der Waals surface area contributed by atoms with Crippen LogP contribution in [0.2, 0.25) is 0 Å². The van der Waals surface area contributed by atoms with Gasteiger partial charge in [-0.25, -0.2) is 0 Å². The minimum absolute atomic E-state index is 0.0455. The molecular formula is C14H16N2O4. The van der Waals surface area contributed by atoms with E-state index in [2.05, 4.69) is 0 Å². The number of rotatable bonds is 7. The Bertz CT molecular complexity index is 505. The summed E-state index contributed by atoms with van der Waals surface area (Å²) in [7, 11) is 1.61. The van der Waals surface area contributed by atoms with Crippen molar-refractivity contribution in [2.24, 2.45) is 0 Å². The second-order valence-electron chi connectivity index (χ2n) is 4.23. The van der Waals surface area contributed by atoms with Crippen molar-refractivity contribution in [2.75, 3.05) is 20.2 Å². The molecule has 0 aromatic heterocycles. The molecule has 1 aromatic carbocycles. The van der Waals surface area contributed by atoms with Crippen molar-refractivity contribution in [3.05, 3.63) is 29.8 Å². The minimum atomic E-state index is -0.895. The van der Waals surface area contributed by atoms with Crippen LogP contribution in [0, 0.1) is 11.3 Å². The molecule has 6 heteroatoms. The van der Waals surface area contributed by atoms with Gasteiger partial charge in [0.25, 0.3) is 5.91 Å². The van der Waals surface area contributed by atoms with Crippen molar-refractivity contribution in [1.29, 1.82) is 5.26 Å². The van der Waals surface area contributed by atoms with Gasteiger partial charge in [-0.1, -0.05) is 12.1 Å². The fraction of sp³-hybridized carbons (Fsp3) is 0.357. The van der Waals surface area contributed by atoms with Crippen LogP contribution in [0.5, 0.6) is 5.75 Å². The molecule has 0 atom stereocenters. The number of carbonyl (C=O) groups is 2. The number of benzene rings is 1. The molecule has 0 saturated heterocycles. The third-order valence-corrected chi connectivity index (χ3v) is 2.63. The number of carbonyl (C=O) groups excluding carboxylic acids is 1. The van der Waals surface area contributed by atoms with Gasteiger partial charge >= 0.3 is 5.97 Å². The third kappa shape index (κ3) is 5.40. The van der Waals surface area contributed by atoms with E-state index in [-0.39, 0.29) is 25.4 Å². The maximum absolute atomic E-state index is 11.6. The lowest BCUT2D eigenvalue weighted by atomic mass is 10.1. The molecule has 0 heterocycles. The van der Waals surface area contributed by atoms with Crippen molar-refractivity contribution < 1.29 is 19.4 Å². The molecule has 0 bridgehead atoms. The molecule has 106 valence electrons. The van der Waals surface area contributed by atoms with Gasteiger partial charge in [-0.3, -0.25) is 9.59 Å². The topological polar surface area (TPSA) is 90.6 Å². The van der Waals surface area contributed by atoms with Crippen molar-refractivity contribution in [3.63, 3.8) is 0 Å². The number of amides is 1. The van der Waals surface area contributed by atoms with E-state index < -0.39 is 5.97 Å².